The molecule has 8 saturated heterocycles. The molecule has 8 aromatic carbocycles. The topological polar surface area (TPSA) is 130 Å². The van der Waals surface area contributed by atoms with Gasteiger partial charge in [-0.05, 0) is 103 Å². The van der Waals surface area contributed by atoms with Crippen LogP contribution in [0.2, 0.25) is 0 Å². The molecule has 0 spiro atoms. The second-order valence-corrected chi connectivity index (χ2v) is 21.7. The molecule has 0 bridgehead atoms. The third-order valence-electron chi connectivity index (χ3n) is 13.7. The first kappa shape index (κ1) is 82.4. The largest absolute Gasteiger partial charge is 2.00 e. The predicted molar refractivity (Wildman–Crippen MR) is 394 cm³/mol. The predicted octanol–water partition coefficient (Wildman–Crippen LogP) is 21.7. The first-order valence-electron chi connectivity index (χ1n) is 33.7. The molecule has 8 aliphatic heterocycles. The zero-order valence-electron chi connectivity index (χ0n) is 56.2. The molecule has 16 rings (SSSR count). The Kier molecular flexibility index (Phi) is 54.4. The summed E-state index contributed by atoms with van der Waals surface area (Å²) in [6, 6.07) is 79.6. The molecule has 0 aromatic heterocycles. The summed E-state index contributed by atoms with van der Waals surface area (Å²) >= 11 is 0. The zero-order valence-corrected chi connectivity index (χ0v) is 59.0. The number of nitrogens with zero attached hydrogens (tertiary/aromatic N) is 4. The van der Waals surface area contributed by atoms with Gasteiger partial charge in [-0.2, -0.15) is 0 Å². The van der Waals surface area contributed by atoms with Gasteiger partial charge in [0.25, 0.3) is 0 Å². The summed E-state index contributed by atoms with van der Waals surface area (Å²) < 4.78 is 39.6. The fourth-order valence-electron chi connectivity index (χ4n) is 8.70. The van der Waals surface area contributed by atoms with E-state index in [2.05, 4.69) is 21.3 Å². The average molecular weight is 1300 g/mol. The van der Waals surface area contributed by atoms with Crippen LogP contribution in [0.1, 0.15) is 103 Å². The maximum absolute atomic E-state index is 4.94. The Bertz CT molecular complexity index is 2130. The minimum absolute atomic E-state index is 0. The van der Waals surface area contributed by atoms with Crippen LogP contribution in [0.4, 0.5) is 45.5 Å². The summed E-state index contributed by atoms with van der Waals surface area (Å²) in [6.45, 7) is 16.0. The zero-order chi connectivity index (χ0) is 64.0. The molecule has 496 valence electrons. The van der Waals surface area contributed by atoms with Crippen LogP contribution in [0.3, 0.4) is 0 Å². The Balaban J connectivity index is 0.000000274. The molecular weight excluding hydrogens is 1190 g/mol. The van der Waals surface area contributed by atoms with Crippen molar-refractivity contribution in [2.75, 3.05) is 106 Å². The van der Waals surface area contributed by atoms with Crippen molar-refractivity contribution in [1.29, 1.82) is 0 Å². The SMILES string of the molecule is C1CCOC1.C1CCOC1.C1CCOC1.C1CCOC1.C1CCOC1.C1CCOC1.C1CCOC1.C1CCOC1.[Mg+2].[Mg+2].c1ccc([N-]c2ccccc2)cc1.c1ccc([N-]c2ccccc2)cc1.c1ccc([N-]c2ccccc2)cc1.c1ccc([N-]c2ccccc2)cc1. The smallest absolute Gasteiger partial charge is 0.658 e. The van der Waals surface area contributed by atoms with E-state index in [1.54, 1.807) is 0 Å². The van der Waals surface area contributed by atoms with Crippen LogP contribution in [0.25, 0.3) is 21.3 Å². The molecule has 12 nitrogen and oxygen atoms in total. The molecule has 8 aliphatic rings. The van der Waals surface area contributed by atoms with Crippen molar-refractivity contribution in [2.45, 2.75) is 103 Å². The van der Waals surface area contributed by atoms with E-state index in [9.17, 15) is 0 Å². The van der Waals surface area contributed by atoms with Gasteiger partial charge < -0.3 is 59.2 Å². The van der Waals surface area contributed by atoms with Crippen LogP contribution in [0.15, 0.2) is 243 Å². The number of ether oxygens (including phenoxy) is 8. The molecule has 94 heavy (non-hydrogen) atoms. The van der Waals surface area contributed by atoms with Crippen LogP contribution in [-0.4, -0.2) is 152 Å². The second-order valence-electron chi connectivity index (χ2n) is 21.7. The van der Waals surface area contributed by atoms with Crippen molar-refractivity contribution >= 4 is 91.6 Å². The summed E-state index contributed by atoms with van der Waals surface area (Å²) in [5, 5.41) is 17.8. The van der Waals surface area contributed by atoms with Crippen LogP contribution in [0, 0.1) is 0 Å². The van der Waals surface area contributed by atoms with Crippen LogP contribution in [-0.2, 0) is 37.9 Å². The van der Waals surface area contributed by atoms with Gasteiger partial charge in [-0.1, -0.05) is 243 Å². The Labute approximate surface area is 597 Å². The Morgan fingerprint density at radius 2 is 0.223 bits per heavy atom. The van der Waals surface area contributed by atoms with Gasteiger partial charge in [-0.15, -0.1) is 45.5 Å². The number of para-hydroxylation sites is 8. The molecule has 0 saturated carbocycles. The number of hydrogen-bond donors (Lipinski definition) is 0. The molecule has 0 atom stereocenters. The monoisotopic (exact) mass is 1300 g/mol. The van der Waals surface area contributed by atoms with Crippen molar-refractivity contribution in [3.05, 3.63) is 264 Å². The maximum Gasteiger partial charge on any atom is 2.00 e. The summed E-state index contributed by atoms with van der Waals surface area (Å²) in [5.41, 5.74) is 7.95. The molecule has 0 aliphatic carbocycles. The van der Waals surface area contributed by atoms with E-state index in [4.69, 9.17) is 37.9 Å². The van der Waals surface area contributed by atoms with E-state index in [0.29, 0.717) is 0 Å². The van der Waals surface area contributed by atoms with Gasteiger partial charge in [0.05, 0.1) is 0 Å². The Hall–Kier alpha value is -5.83. The van der Waals surface area contributed by atoms with E-state index in [1.165, 1.54) is 103 Å². The maximum atomic E-state index is 4.94. The summed E-state index contributed by atoms with van der Waals surface area (Å²) in [5.74, 6) is 0. The van der Waals surface area contributed by atoms with Crippen molar-refractivity contribution in [1.82, 2.24) is 0 Å². The molecule has 0 amide bonds. The van der Waals surface area contributed by atoms with E-state index >= 15 is 0 Å². The molecule has 8 fully saturated rings. The summed E-state index contributed by atoms with van der Waals surface area (Å²) in [6.07, 6.45) is 20.4. The third kappa shape index (κ3) is 48.0. The van der Waals surface area contributed by atoms with Gasteiger partial charge >= 0.3 is 46.1 Å². The third-order valence-corrected chi connectivity index (χ3v) is 13.7. The molecule has 0 radical (unpaired) electrons. The Morgan fingerprint density at radius 1 is 0.138 bits per heavy atom. The first-order chi connectivity index (χ1) is 45.8. The standard InChI is InChI=1S/4C12H10N.8C4H8O.2Mg/c4*1-3-7-11(8-4-1)13-12-9-5-2-6-10-12;8*1-2-4-5-3-1;;/h4*1-10H;8*1-4H2;;/q4*-1;;;;;;;;;2*+2. The quantitative estimate of drug-likeness (QED) is 0.138. The molecular formula is C80H104Mg2N4O8. The van der Waals surface area contributed by atoms with Gasteiger partial charge in [0.15, 0.2) is 0 Å². The number of hydrogen-bond acceptors (Lipinski definition) is 8. The van der Waals surface area contributed by atoms with Gasteiger partial charge in [-0.3, -0.25) is 0 Å². The molecule has 0 N–H and O–H groups in total. The molecule has 8 heterocycles. The Morgan fingerprint density at radius 3 is 0.287 bits per heavy atom. The van der Waals surface area contributed by atoms with E-state index in [1.807, 2.05) is 243 Å². The van der Waals surface area contributed by atoms with E-state index in [-0.39, 0.29) is 46.1 Å². The molecule has 8 aromatic rings. The number of benzene rings is 8. The fraction of sp³-hybridized carbons (Fsp3) is 0.400. The van der Waals surface area contributed by atoms with E-state index < -0.39 is 0 Å². The first-order valence-corrected chi connectivity index (χ1v) is 33.7. The van der Waals surface area contributed by atoms with Gasteiger partial charge in [0.2, 0.25) is 0 Å². The molecule has 0 unspecified atom stereocenters. The van der Waals surface area contributed by atoms with Crippen molar-refractivity contribution < 1.29 is 37.9 Å². The van der Waals surface area contributed by atoms with Crippen molar-refractivity contribution in [2.24, 2.45) is 0 Å². The van der Waals surface area contributed by atoms with E-state index in [0.717, 1.165) is 151 Å². The van der Waals surface area contributed by atoms with Crippen LogP contribution in [0.5, 0.6) is 0 Å². The van der Waals surface area contributed by atoms with Gasteiger partial charge in [0.1, 0.15) is 0 Å². The molecule has 14 heteroatoms. The summed E-state index contributed by atoms with van der Waals surface area (Å²) in [4.78, 5) is 0. The minimum Gasteiger partial charge on any atom is -0.658 e. The van der Waals surface area contributed by atoms with Crippen LogP contribution >= 0.6 is 0 Å². The van der Waals surface area contributed by atoms with Gasteiger partial charge in [-0.25, -0.2) is 0 Å². The average Bonchev–Trinajstić information content (AvgIpc) is 3.55. The minimum atomic E-state index is 0. The van der Waals surface area contributed by atoms with Crippen molar-refractivity contribution in [3.8, 4) is 0 Å². The van der Waals surface area contributed by atoms with Crippen molar-refractivity contribution in [3.63, 3.8) is 0 Å². The summed E-state index contributed by atoms with van der Waals surface area (Å²) in [7, 11) is 0. The number of rotatable bonds is 8. The normalized spacial score (nSPS) is 15.5. The second kappa shape index (κ2) is 62.0. The van der Waals surface area contributed by atoms with Crippen LogP contribution < -0.4 is 0 Å². The fourth-order valence-corrected chi connectivity index (χ4v) is 8.70. The van der Waals surface area contributed by atoms with Gasteiger partial charge in [0, 0.05) is 106 Å².